The van der Waals surface area contributed by atoms with Crippen LogP contribution in [0.15, 0.2) is 42.6 Å². The summed E-state index contributed by atoms with van der Waals surface area (Å²) in [5.41, 5.74) is 1.35. The van der Waals surface area contributed by atoms with E-state index < -0.39 is 6.10 Å². The molecule has 0 spiro atoms. The molecule has 0 radical (unpaired) electrons. The van der Waals surface area contributed by atoms with Crippen LogP contribution < -0.4 is 14.8 Å². The molecule has 9 nitrogen and oxygen atoms in total. The number of ether oxygens (including phenoxy) is 2. The van der Waals surface area contributed by atoms with Gasteiger partial charge in [-0.25, -0.2) is 4.52 Å². The third-order valence-corrected chi connectivity index (χ3v) is 3.57. The lowest BCUT2D eigenvalue weighted by Crippen LogP contribution is -2.26. The zero-order valence-corrected chi connectivity index (χ0v) is 14.2. The number of pyridine rings is 1. The van der Waals surface area contributed by atoms with Crippen molar-refractivity contribution in [2.24, 2.45) is 0 Å². The SMILES string of the molecule is CC(=O)Oc1ccc(OCCNC[C@H](O)c2ccc3nnnn3c2)cc1. The molecule has 1 aromatic carbocycles. The third kappa shape index (κ3) is 4.74. The van der Waals surface area contributed by atoms with Gasteiger partial charge in [0.05, 0.1) is 6.10 Å². The standard InChI is InChI=1S/C17H19N5O4/c1-12(23)26-15-5-3-14(4-6-15)25-9-8-18-10-16(24)13-2-7-17-19-20-21-22(17)11-13/h2-7,11,16,18,24H,8-10H2,1H3/t16-/m0/s1. The Morgan fingerprint density at radius 3 is 2.77 bits per heavy atom. The highest BCUT2D eigenvalue weighted by Crippen LogP contribution is 2.17. The zero-order chi connectivity index (χ0) is 18.4. The lowest BCUT2D eigenvalue weighted by Gasteiger charge is -2.13. The van der Waals surface area contributed by atoms with Gasteiger partial charge >= 0.3 is 5.97 Å². The van der Waals surface area contributed by atoms with Gasteiger partial charge in [-0.2, -0.15) is 0 Å². The van der Waals surface area contributed by atoms with Gasteiger partial charge in [-0.05, 0) is 40.8 Å². The van der Waals surface area contributed by atoms with E-state index in [-0.39, 0.29) is 5.97 Å². The number of carbonyl (C=O) groups is 1. The number of aliphatic hydroxyl groups is 1. The molecule has 0 amide bonds. The van der Waals surface area contributed by atoms with E-state index in [1.165, 1.54) is 11.4 Å². The number of nitrogens with zero attached hydrogens (tertiary/aromatic N) is 4. The van der Waals surface area contributed by atoms with Crippen molar-refractivity contribution in [1.82, 2.24) is 25.4 Å². The highest BCUT2D eigenvalue weighted by molar-refractivity contribution is 5.69. The van der Waals surface area contributed by atoms with Crippen LogP contribution in [0.25, 0.3) is 5.65 Å². The molecule has 0 saturated heterocycles. The molecule has 3 aromatic rings. The van der Waals surface area contributed by atoms with Gasteiger partial charge in [0.1, 0.15) is 18.1 Å². The van der Waals surface area contributed by atoms with Crippen molar-refractivity contribution in [1.29, 1.82) is 0 Å². The second kappa shape index (κ2) is 8.37. The van der Waals surface area contributed by atoms with Crippen molar-refractivity contribution in [3.63, 3.8) is 0 Å². The van der Waals surface area contributed by atoms with Crippen LogP contribution in [0.2, 0.25) is 0 Å². The Labute approximate surface area is 149 Å². The first-order valence-corrected chi connectivity index (χ1v) is 8.09. The number of aromatic nitrogens is 4. The van der Waals surface area contributed by atoms with Crippen LogP contribution in [-0.2, 0) is 4.79 Å². The molecular formula is C17H19N5O4. The Morgan fingerprint density at radius 2 is 2.00 bits per heavy atom. The molecule has 0 saturated carbocycles. The molecule has 136 valence electrons. The van der Waals surface area contributed by atoms with E-state index in [2.05, 4.69) is 20.8 Å². The maximum Gasteiger partial charge on any atom is 0.308 e. The number of hydrogen-bond donors (Lipinski definition) is 2. The molecule has 3 rings (SSSR count). The molecule has 2 aromatic heterocycles. The number of carbonyl (C=O) groups excluding carboxylic acids is 1. The first kappa shape index (κ1) is 17.8. The third-order valence-electron chi connectivity index (χ3n) is 3.57. The second-order valence-electron chi connectivity index (χ2n) is 5.58. The Morgan fingerprint density at radius 1 is 1.23 bits per heavy atom. The van der Waals surface area contributed by atoms with E-state index in [9.17, 15) is 9.90 Å². The van der Waals surface area contributed by atoms with Crippen molar-refractivity contribution in [2.75, 3.05) is 19.7 Å². The molecule has 0 aliphatic carbocycles. The topological polar surface area (TPSA) is 111 Å². The molecule has 0 fully saturated rings. The number of nitrogens with one attached hydrogen (secondary N) is 1. The zero-order valence-electron chi connectivity index (χ0n) is 14.2. The molecule has 0 bridgehead atoms. The summed E-state index contributed by atoms with van der Waals surface area (Å²) in [6, 6.07) is 10.3. The Kier molecular flexibility index (Phi) is 5.72. The maximum absolute atomic E-state index is 10.9. The molecule has 0 aliphatic heterocycles. The first-order chi connectivity index (χ1) is 12.6. The molecular weight excluding hydrogens is 338 g/mol. The molecule has 0 aliphatic rings. The van der Waals surface area contributed by atoms with Crippen molar-refractivity contribution < 1.29 is 19.4 Å². The fourth-order valence-electron chi connectivity index (χ4n) is 2.32. The summed E-state index contributed by atoms with van der Waals surface area (Å²) in [4.78, 5) is 10.9. The minimum Gasteiger partial charge on any atom is -0.492 e. The summed E-state index contributed by atoms with van der Waals surface area (Å²) in [6.45, 7) is 2.73. The van der Waals surface area contributed by atoms with Gasteiger partial charge in [-0.15, -0.1) is 5.10 Å². The Bertz CT molecular complexity index is 865. The van der Waals surface area contributed by atoms with Gasteiger partial charge in [-0.3, -0.25) is 4.79 Å². The van der Waals surface area contributed by atoms with Crippen molar-refractivity contribution in [3.05, 3.63) is 48.2 Å². The van der Waals surface area contributed by atoms with Gasteiger partial charge in [0, 0.05) is 31.8 Å². The van der Waals surface area contributed by atoms with Crippen molar-refractivity contribution in [3.8, 4) is 11.5 Å². The van der Waals surface area contributed by atoms with Gasteiger partial charge in [0.15, 0.2) is 5.65 Å². The summed E-state index contributed by atoms with van der Waals surface area (Å²) < 4.78 is 12.1. The summed E-state index contributed by atoms with van der Waals surface area (Å²) in [6.07, 6.45) is 1.02. The summed E-state index contributed by atoms with van der Waals surface area (Å²) in [7, 11) is 0. The minimum atomic E-state index is -0.674. The van der Waals surface area contributed by atoms with Crippen LogP contribution in [0.4, 0.5) is 0 Å². The molecule has 26 heavy (non-hydrogen) atoms. The van der Waals surface area contributed by atoms with Crippen LogP contribution in [0, 0.1) is 0 Å². The van der Waals surface area contributed by atoms with Crippen LogP contribution in [0.1, 0.15) is 18.6 Å². The van der Waals surface area contributed by atoms with E-state index in [1.54, 1.807) is 42.6 Å². The smallest absolute Gasteiger partial charge is 0.308 e. The van der Waals surface area contributed by atoms with Crippen LogP contribution in [-0.4, -0.2) is 50.8 Å². The molecule has 9 heteroatoms. The lowest BCUT2D eigenvalue weighted by atomic mass is 10.1. The predicted molar refractivity (Wildman–Crippen MR) is 91.9 cm³/mol. The van der Waals surface area contributed by atoms with Gasteiger partial charge < -0.3 is 19.9 Å². The highest BCUT2D eigenvalue weighted by atomic mass is 16.5. The van der Waals surface area contributed by atoms with E-state index in [0.717, 1.165) is 5.56 Å². The number of benzene rings is 1. The Hall–Kier alpha value is -3.04. The normalized spacial score (nSPS) is 12.1. The fraction of sp³-hybridized carbons (Fsp3) is 0.294. The number of rotatable bonds is 8. The second-order valence-corrected chi connectivity index (χ2v) is 5.58. The summed E-state index contributed by atoms with van der Waals surface area (Å²) >= 11 is 0. The van der Waals surface area contributed by atoms with Gasteiger partial charge in [-0.1, -0.05) is 6.07 Å². The maximum atomic E-state index is 10.9. The number of fused-ring (bicyclic) bond motifs is 1. The van der Waals surface area contributed by atoms with Crippen LogP contribution in [0.3, 0.4) is 0 Å². The van der Waals surface area contributed by atoms with E-state index >= 15 is 0 Å². The lowest BCUT2D eigenvalue weighted by molar-refractivity contribution is -0.131. The average molecular weight is 357 g/mol. The van der Waals surface area contributed by atoms with Crippen LogP contribution in [0.5, 0.6) is 11.5 Å². The molecule has 1 atom stereocenters. The van der Waals surface area contributed by atoms with Gasteiger partial charge in [0.25, 0.3) is 0 Å². The van der Waals surface area contributed by atoms with E-state index in [0.29, 0.717) is 36.8 Å². The highest BCUT2D eigenvalue weighted by Gasteiger charge is 2.09. The Balaban J connectivity index is 1.39. The molecule has 2 N–H and O–H groups in total. The largest absolute Gasteiger partial charge is 0.492 e. The van der Waals surface area contributed by atoms with Gasteiger partial charge in [0.2, 0.25) is 0 Å². The number of esters is 1. The van der Waals surface area contributed by atoms with Crippen LogP contribution >= 0.6 is 0 Å². The monoisotopic (exact) mass is 357 g/mol. The molecule has 0 unspecified atom stereocenters. The van der Waals surface area contributed by atoms with Crippen molar-refractivity contribution >= 4 is 11.6 Å². The van der Waals surface area contributed by atoms with E-state index in [4.69, 9.17) is 9.47 Å². The van der Waals surface area contributed by atoms with E-state index in [1.807, 2.05) is 0 Å². The number of tetrazole rings is 1. The van der Waals surface area contributed by atoms with Crippen molar-refractivity contribution in [2.45, 2.75) is 13.0 Å². The number of hydrogen-bond acceptors (Lipinski definition) is 8. The summed E-state index contributed by atoms with van der Waals surface area (Å²) in [5.74, 6) is 0.790. The fourth-order valence-corrected chi connectivity index (χ4v) is 2.32. The predicted octanol–water partition coefficient (Wildman–Crippen LogP) is 0.752. The minimum absolute atomic E-state index is 0.361. The number of aliphatic hydroxyl groups excluding tert-OH is 1. The quantitative estimate of drug-likeness (QED) is 0.345. The molecule has 2 heterocycles. The average Bonchev–Trinajstić information content (AvgIpc) is 3.10. The first-order valence-electron chi connectivity index (χ1n) is 8.09. The summed E-state index contributed by atoms with van der Waals surface area (Å²) in [5, 5.41) is 24.5.